The lowest BCUT2D eigenvalue weighted by Crippen LogP contribution is -2.34. The molecule has 1 amide bonds. The summed E-state index contributed by atoms with van der Waals surface area (Å²) in [4.78, 5) is 28.7. The number of aliphatic imine (C=N–C) groups is 1. The van der Waals surface area contributed by atoms with Crippen LogP contribution in [0.15, 0.2) is 47.5 Å². The summed E-state index contributed by atoms with van der Waals surface area (Å²) in [6.45, 7) is 1.73. The molecule has 0 aromatic heterocycles. The Bertz CT molecular complexity index is 882. The monoisotopic (exact) mass is 360 g/mol. The van der Waals surface area contributed by atoms with Gasteiger partial charge in [-0.1, -0.05) is 23.7 Å². The topological polar surface area (TPSA) is 67.8 Å². The molecule has 1 atom stereocenters. The second-order valence-corrected chi connectivity index (χ2v) is 5.73. The van der Waals surface area contributed by atoms with Crippen LogP contribution in [0.25, 0.3) is 0 Å². The van der Waals surface area contributed by atoms with E-state index in [1.165, 1.54) is 12.1 Å². The molecule has 0 aliphatic carbocycles. The molecule has 5 nitrogen and oxygen atoms in total. The molecule has 1 heterocycles. The minimum atomic E-state index is -1.43. The highest BCUT2D eigenvalue weighted by Crippen LogP contribution is 2.28. The fourth-order valence-electron chi connectivity index (χ4n) is 2.53. The van der Waals surface area contributed by atoms with Crippen molar-refractivity contribution in [1.82, 2.24) is 0 Å². The summed E-state index contributed by atoms with van der Waals surface area (Å²) in [5.74, 6) is -1.97. The van der Waals surface area contributed by atoms with Gasteiger partial charge < -0.3 is 10.1 Å². The second kappa shape index (κ2) is 7.03. The molecule has 0 saturated heterocycles. The Labute approximate surface area is 148 Å². The van der Waals surface area contributed by atoms with Gasteiger partial charge in [-0.25, -0.2) is 9.18 Å². The van der Waals surface area contributed by atoms with Crippen molar-refractivity contribution in [2.24, 2.45) is 4.99 Å². The van der Waals surface area contributed by atoms with Gasteiger partial charge in [-0.2, -0.15) is 0 Å². The number of hydrogen-bond donors (Lipinski definition) is 1. The van der Waals surface area contributed by atoms with Crippen LogP contribution in [0.5, 0.6) is 0 Å². The Hall–Kier alpha value is -2.73. The number of benzodiazepines with no additional fused rings is 1. The normalized spacial score (nSPS) is 16.4. The van der Waals surface area contributed by atoms with E-state index in [4.69, 9.17) is 16.3 Å². The van der Waals surface area contributed by atoms with Crippen LogP contribution < -0.4 is 5.32 Å². The lowest BCUT2D eigenvalue weighted by atomic mass is 10.00. The van der Waals surface area contributed by atoms with Gasteiger partial charge in [0, 0.05) is 16.1 Å². The molecule has 0 fully saturated rings. The standard InChI is InChI=1S/C18H14ClFN2O3/c1-2-25-18(24)16-17(23)21-14-8-7-10(19)9-12(14)15(22-16)11-5-3-4-6-13(11)20/h3-9,16H,2H2,1H3,(H,21,23)/t16-/m0/s1. The SMILES string of the molecule is CCOC(=O)[C@H]1N=C(c2ccccc2F)c2cc(Cl)ccc2NC1=O. The van der Waals surface area contributed by atoms with Crippen molar-refractivity contribution < 1.29 is 18.7 Å². The highest BCUT2D eigenvalue weighted by Gasteiger charge is 2.33. The summed E-state index contributed by atoms with van der Waals surface area (Å²) >= 11 is 6.05. The van der Waals surface area contributed by atoms with Crippen molar-refractivity contribution in [2.75, 3.05) is 11.9 Å². The molecular weight excluding hydrogens is 347 g/mol. The Balaban J connectivity index is 2.22. The number of amides is 1. The maximum atomic E-state index is 14.3. The second-order valence-electron chi connectivity index (χ2n) is 5.29. The van der Waals surface area contributed by atoms with E-state index < -0.39 is 23.7 Å². The van der Waals surface area contributed by atoms with Gasteiger partial charge in [-0.3, -0.25) is 9.79 Å². The molecular formula is C18H14ClFN2O3. The molecule has 3 rings (SSSR count). The molecule has 0 radical (unpaired) electrons. The number of carbonyl (C=O) groups is 2. The molecule has 25 heavy (non-hydrogen) atoms. The maximum Gasteiger partial charge on any atom is 0.340 e. The highest BCUT2D eigenvalue weighted by molar-refractivity contribution is 6.32. The number of fused-ring (bicyclic) bond motifs is 1. The van der Waals surface area contributed by atoms with E-state index in [1.807, 2.05) is 0 Å². The lowest BCUT2D eigenvalue weighted by Gasteiger charge is -2.11. The molecule has 0 bridgehead atoms. The van der Waals surface area contributed by atoms with Crippen LogP contribution >= 0.6 is 11.6 Å². The largest absolute Gasteiger partial charge is 0.464 e. The minimum absolute atomic E-state index is 0.103. The third kappa shape index (κ3) is 3.39. The summed E-state index contributed by atoms with van der Waals surface area (Å²) in [5, 5.41) is 3.02. The quantitative estimate of drug-likeness (QED) is 0.675. The van der Waals surface area contributed by atoms with E-state index in [-0.39, 0.29) is 17.9 Å². The molecule has 1 N–H and O–H groups in total. The predicted octanol–water partition coefficient (Wildman–Crippen LogP) is 3.20. The molecule has 0 spiro atoms. The number of anilines is 1. The van der Waals surface area contributed by atoms with E-state index in [1.54, 1.807) is 37.3 Å². The average Bonchev–Trinajstić information content (AvgIpc) is 2.72. The zero-order chi connectivity index (χ0) is 18.0. The third-order valence-corrected chi connectivity index (χ3v) is 3.88. The van der Waals surface area contributed by atoms with E-state index in [2.05, 4.69) is 10.3 Å². The van der Waals surface area contributed by atoms with Crippen LogP contribution in [-0.4, -0.2) is 30.2 Å². The number of esters is 1. The predicted molar refractivity (Wildman–Crippen MR) is 92.5 cm³/mol. The Morgan fingerprint density at radius 1 is 1.28 bits per heavy atom. The van der Waals surface area contributed by atoms with Crippen LogP contribution in [0.4, 0.5) is 10.1 Å². The van der Waals surface area contributed by atoms with Gasteiger partial charge in [0.15, 0.2) is 0 Å². The van der Waals surface area contributed by atoms with E-state index in [0.29, 0.717) is 16.3 Å². The van der Waals surface area contributed by atoms with E-state index in [0.717, 1.165) is 0 Å². The summed E-state index contributed by atoms with van der Waals surface area (Å²) in [6, 6.07) is 9.30. The number of halogens is 2. The van der Waals surface area contributed by atoms with Gasteiger partial charge in [0.05, 0.1) is 18.0 Å². The van der Waals surface area contributed by atoms with E-state index >= 15 is 0 Å². The van der Waals surface area contributed by atoms with Gasteiger partial charge >= 0.3 is 5.97 Å². The summed E-state index contributed by atoms with van der Waals surface area (Å²) < 4.78 is 19.3. The van der Waals surface area contributed by atoms with Gasteiger partial charge in [0.25, 0.3) is 5.91 Å². The van der Waals surface area contributed by atoms with Gasteiger partial charge in [0.2, 0.25) is 6.04 Å². The Kier molecular flexibility index (Phi) is 4.81. The number of hydrogen-bond acceptors (Lipinski definition) is 4. The molecule has 2 aromatic rings. The van der Waals surface area contributed by atoms with Crippen molar-refractivity contribution in [1.29, 1.82) is 0 Å². The van der Waals surface area contributed by atoms with Crippen molar-refractivity contribution in [3.05, 3.63) is 64.4 Å². The summed E-state index contributed by atoms with van der Waals surface area (Å²) in [7, 11) is 0. The molecule has 1 aliphatic rings. The van der Waals surface area contributed by atoms with Gasteiger partial charge in [-0.15, -0.1) is 0 Å². The highest BCUT2D eigenvalue weighted by atomic mass is 35.5. The maximum absolute atomic E-state index is 14.3. The summed E-state index contributed by atoms with van der Waals surface area (Å²) in [5.41, 5.74) is 1.14. The number of rotatable bonds is 3. The fraction of sp³-hybridized carbons (Fsp3) is 0.167. The molecule has 0 unspecified atom stereocenters. The molecule has 7 heteroatoms. The Morgan fingerprint density at radius 2 is 2.04 bits per heavy atom. The number of carbonyl (C=O) groups excluding carboxylic acids is 2. The van der Waals surface area contributed by atoms with Crippen molar-refractivity contribution in [2.45, 2.75) is 13.0 Å². The third-order valence-electron chi connectivity index (χ3n) is 3.64. The van der Waals surface area contributed by atoms with Gasteiger partial charge in [0.1, 0.15) is 5.82 Å². The molecule has 1 aliphatic heterocycles. The number of ether oxygens (including phenoxy) is 1. The minimum Gasteiger partial charge on any atom is -0.464 e. The number of nitrogens with one attached hydrogen (secondary N) is 1. The fourth-order valence-corrected chi connectivity index (χ4v) is 2.70. The molecule has 0 saturated carbocycles. The van der Waals surface area contributed by atoms with Crippen LogP contribution in [-0.2, 0) is 14.3 Å². The van der Waals surface area contributed by atoms with Crippen molar-refractivity contribution >= 4 is 34.9 Å². The first-order valence-corrected chi connectivity index (χ1v) is 7.99. The Morgan fingerprint density at radius 3 is 2.76 bits per heavy atom. The molecule has 2 aromatic carbocycles. The summed E-state index contributed by atoms with van der Waals surface area (Å²) in [6.07, 6.45) is 0. The van der Waals surface area contributed by atoms with Crippen LogP contribution in [0.2, 0.25) is 5.02 Å². The average molecular weight is 361 g/mol. The number of benzene rings is 2. The van der Waals surface area contributed by atoms with Crippen LogP contribution in [0.3, 0.4) is 0 Å². The van der Waals surface area contributed by atoms with E-state index in [9.17, 15) is 14.0 Å². The smallest absolute Gasteiger partial charge is 0.340 e. The zero-order valence-electron chi connectivity index (χ0n) is 13.3. The van der Waals surface area contributed by atoms with Crippen LogP contribution in [0.1, 0.15) is 18.1 Å². The van der Waals surface area contributed by atoms with Crippen LogP contribution in [0, 0.1) is 5.82 Å². The van der Waals surface area contributed by atoms with Crippen molar-refractivity contribution in [3.63, 3.8) is 0 Å². The lowest BCUT2D eigenvalue weighted by molar-refractivity contribution is -0.146. The molecule has 128 valence electrons. The zero-order valence-corrected chi connectivity index (χ0v) is 14.0. The number of nitrogens with zero attached hydrogens (tertiary/aromatic N) is 1. The first-order chi connectivity index (χ1) is 12.0. The first kappa shape index (κ1) is 17.1. The van der Waals surface area contributed by atoms with Crippen molar-refractivity contribution in [3.8, 4) is 0 Å². The van der Waals surface area contributed by atoms with Gasteiger partial charge in [-0.05, 0) is 37.3 Å². The first-order valence-electron chi connectivity index (χ1n) is 7.61.